The van der Waals surface area contributed by atoms with Crippen LogP contribution in [0.5, 0.6) is 0 Å². The second-order valence-electron chi connectivity index (χ2n) is 10.9. The molecule has 6 rings (SSSR count). The molecule has 1 atom stereocenters. The van der Waals surface area contributed by atoms with E-state index in [1.807, 2.05) is 116 Å². The fourth-order valence-corrected chi connectivity index (χ4v) is 7.36. The number of nitrogens with zero attached hydrogens (tertiary/aromatic N) is 1. The van der Waals surface area contributed by atoms with Gasteiger partial charge in [0.05, 0.1) is 16.6 Å². The Hall–Kier alpha value is -5.05. The number of thioether (sulfide) groups is 1. The molecule has 5 aromatic carbocycles. The maximum atomic E-state index is 14.2. The zero-order valence-corrected chi connectivity index (χ0v) is 27.6. The monoisotopic (exact) mass is 655 g/mol. The highest BCUT2D eigenvalue weighted by Gasteiger charge is 2.32. The van der Waals surface area contributed by atoms with Crippen molar-refractivity contribution >= 4 is 64.4 Å². The van der Waals surface area contributed by atoms with Crippen molar-refractivity contribution in [3.8, 4) is 0 Å². The number of carbonyl (C=O) groups is 3. The van der Waals surface area contributed by atoms with Crippen LogP contribution < -0.4 is 15.5 Å². The van der Waals surface area contributed by atoms with Gasteiger partial charge < -0.3 is 10.6 Å². The molecule has 8 heteroatoms. The van der Waals surface area contributed by atoms with Crippen LogP contribution in [0.25, 0.3) is 6.08 Å². The lowest BCUT2D eigenvalue weighted by molar-refractivity contribution is -0.117. The highest BCUT2D eigenvalue weighted by atomic mass is 32.2. The van der Waals surface area contributed by atoms with Gasteiger partial charge in [-0.1, -0.05) is 91.5 Å². The van der Waals surface area contributed by atoms with Crippen LogP contribution in [0.2, 0.25) is 0 Å². The molecule has 0 saturated heterocycles. The van der Waals surface area contributed by atoms with Gasteiger partial charge in [0, 0.05) is 25.9 Å². The molecular formula is C39H33N3O3S2. The summed E-state index contributed by atoms with van der Waals surface area (Å²) in [5.74, 6) is -0.838. The molecule has 0 bridgehead atoms. The number of hydrogen-bond acceptors (Lipinski definition) is 5. The molecule has 0 radical (unpaired) electrons. The van der Waals surface area contributed by atoms with Gasteiger partial charge >= 0.3 is 0 Å². The van der Waals surface area contributed by atoms with Crippen molar-refractivity contribution < 1.29 is 14.4 Å². The summed E-state index contributed by atoms with van der Waals surface area (Å²) in [5.41, 5.74) is 4.67. The zero-order chi connectivity index (χ0) is 32.8. The molecule has 0 fully saturated rings. The number of amides is 3. The third kappa shape index (κ3) is 7.35. The molecule has 0 aliphatic carbocycles. The molecule has 0 saturated carbocycles. The average molecular weight is 656 g/mol. The van der Waals surface area contributed by atoms with Crippen molar-refractivity contribution in [1.82, 2.24) is 5.32 Å². The Balaban J connectivity index is 1.23. The Morgan fingerprint density at radius 3 is 2.11 bits per heavy atom. The van der Waals surface area contributed by atoms with Crippen LogP contribution in [-0.4, -0.2) is 23.0 Å². The van der Waals surface area contributed by atoms with Crippen LogP contribution in [0.4, 0.5) is 17.1 Å². The van der Waals surface area contributed by atoms with E-state index >= 15 is 0 Å². The van der Waals surface area contributed by atoms with Crippen molar-refractivity contribution in [2.75, 3.05) is 10.2 Å². The molecule has 2 N–H and O–H groups in total. The van der Waals surface area contributed by atoms with E-state index in [9.17, 15) is 14.4 Å². The van der Waals surface area contributed by atoms with E-state index in [1.165, 1.54) is 11.8 Å². The third-order valence-electron chi connectivity index (χ3n) is 7.69. The Kier molecular flexibility index (Phi) is 9.90. The van der Waals surface area contributed by atoms with Crippen molar-refractivity contribution in [1.29, 1.82) is 0 Å². The van der Waals surface area contributed by atoms with E-state index in [1.54, 1.807) is 48.2 Å². The Bertz CT molecular complexity index is 1930. The van der Waals surface area contributed by atoms with Gasteiger partial charge in [-0.15, -0.1) is 11.8 Å². The van der Waals surface area contributed by atoms with Crippen LogP contribution in [0.1, 0.15) is 34.8 Å². The summed E-state index contributed by atoms with van der Waals surface area (Å²) in [6, 6.07) is 39.8. The van der Waals surface area contributed by atoms with Gasteiger partial charge in [0.25, 0.3) is 11.8 Å². The first-order chi connectivity index (χ1) is 22.9. The van der Waals surface area contributed by atoms with Crippen molar-refractivity contribution in [3.05, 3.63) is 150 Å². The topological polar surface area (TPSA) is 78.5 Å². The summed E-state index contributed by atoms with van der Waals surface area (Å²) >= 11 is 3.14. The molecule has 5 aromatic rings. The molecule has 234 valence electrons. The summed E-state index contributed by atoms with van der Waals surface area (Å²) in [7, 11) is 0. The molecule has 6 nitrogen and oxygen atoms in total. The number of aryl methyl sites for hydroxylation is 1. The molecule has 1 aliphatic rings. The average Bonchev–Trinajstić information content (AvgIpc) is 3.10. The number of rotatable bonds is 9. The van der Waals surface area contributed by atoms with E-state index in [0.29, 0.717) is 17.7 Å². The SMILES string of the molecule is CCC(Sc1cccc(NC(=O)/C(=C/c2ccccc2C)NC(=O)c2ccccc2)c1)C(=O)N1c2ccccc2Sc2ccccc21. The van der Waals surface area contributed by atoms with E-state index in [-0.39, 0.29) is 22.8 Å². The van der Waals surface area contributed by atoms with Crippen LogP contribution in [0.15, 0.2) is 148 Å². The highest BCUT2D eigenvalue weighted by molar-refractivity contribution is 8.00. The van der Waals surface area contributed by atoms with E-state index < -0.39 is 5.91 Å². The Labute approximate surface area is 283 Å². The predicted molar refractivity (Wildman–Crippen MR) is 192 cm³/mol. The maximum Gasteiger partial charge on any atom is 0.272 e. The van der Waals surface area contributed by atoms with Crippen LogP contribution in [0, 0.1) is 6.92 Å². The lowest BCUT2D eigenvalue weighted by Crippen LogP contribution is -2.35. The second kappa shape index (κ2) is 14.6. The summed E-state index contributed by atoms with van der Waals surface area (Å²) in [4.78, 5) is 45.7. The zero-order valence-electron chi connectivity index (χ0n) is 26.0. The molecule has 47 heavy (non-hydrogen) atoms. The van der Waals surface area contributed by atoms with E-state index in [2.05, 4.69) is 10.6 Å². The predicted octanol–water partition coefficient (Wildman–Crippen LogP) is 9.10. The fourth-order valence-electron chi connectivity index (χ4n) is 5.25. The first-order valence-electron chi connectivity index (χ1n) is 15.3. The standard InChI is InChI=1S/C39H33N3O3S2/c1-3-34(39(45)42-32-20-9-11-22-35(32)47-36-23-12-10-21-33(36)42)46-30-19-13-18-29(25-30)40-38(44)31(24-28-17-8-7-14-26(28)2)41-37(43)27-15-5-4-6-16-27/h4-25,34H,3H2,1-2H3,(H,40,44)(H,41,43)/b31-24-. The first-order valence-corrected chi connectivity index (χ1v) is 17.0. The molecule has 0 spiro atoms. The molecule has 1 heterocycles. The molecule has 1 unspecified atom stereocenters. The van der Waals surface area contributed by atoms with E-state index in [0.717, 1.165) is 37.2 Å². The largest absolute Gasteiger partial charge is 0.321 e. The number of para-hydroxylation sites is 2. The molecular weight excluding hydrogens is 623 g/mol. The number of benzene rings is 5. The minimum absolute atomic E-state index is 0.000728. The Morgan fingerprint density at radius 2 is 1.43 bits per heavy atom. The Morgan fingerprint density at radius 1 is 0.787 bits per heavy atom. The second-order valence-corrected chi connectivity index (χ2v) is 13.3. The lowest BCUT2D eigenvalue weighted by atomic mass is 10.1. The molecule has 1 aliphatic heterocycles. The van der Waals surface area contributed by atoms with Gasteiger partial charge in [-0.2, -0.15) is 0 Å². The van der Waals surface area contributed by atoms with Gasteiger partial charge in [-0.25, -0.2) is 0 Å². The van der Waals surface area contributed by atoms with Crippen LogP contribution in [-0.2, 0) is 9.59 Å². The minimum Gasteiger partial charge on any atom is -0.321 e. The number of hydrogen-bond donors (Lipinski definition) is 2. The summed E-state index contributed by atoms with van der Waals surface area (Å²) in [5, 5.41) is 5.39. The normalized spacial score (nSPS) is 12.8. The number of anilines is 3. The molecule has 3 amide bonds. The lowest BCUT2D eigenvalue weighted by Gasteiger charge is -2.33. The number of carbonyl (C=O) groups excluding carboxylic acids is 3. The van der Waals surface area contributed by atoms with Gasteiger partial charge in [0.15, 0.2) is 0 Å². The first kappa shape index (κ1) is 31.9. The van der Waals surface area contributed by atoms with Crippen molar-refractivity contribution in [3.63, 3.8) is 0 Å². The van der Waals surface area contributed by atoms with Crippen molar-refractivity contribution in [2.24, 2.45) is 0 Å². The van der Waals surface area contributed by atoms with E-state index in [4.69, 9.17) is 0 Å². The summed E-state index contributed by atoms with van der Waals surface area (Å²) in [6.45, 7) is 3.96. The molecule has 0 aromatic heterocycles. The smallest absolute Gasteiger partial charge is 0.272 e. The van der Waals surface area contributed by atoms with Gasteiger partial charge in [0.1, 0.15) is 5.70 Å². The minimum atomic E-state index is -0.457. The van der Waals surface area contributed by atoms with Crippen LogP contribution in [0.3, 0.4) is 0 Å². The summed E-state index contributed by atoms with van der Waals surface area (Å²) < 4.78 is 0. The number of nitrogens with one attached hydrogen (secondary N) is 2. The summed E-state index contributed by atoms with van der Waals surface area (Å²) in [6.07, 6.45) is 2.30. The van der Waals surface area contributed by atoms with Crippen molar-refractivity contribution in [2.45, 2.75) is 40.2 Å². The van der Waals surface area contributed by atoms with Gasteiger partial charge in [0.2, 0.25) is 5.91 Å². The highest BCUT2D eigenvalue weighted by Crippen LogP contribution is 2.49. The fraction of sp³-hybridized carbons (Fsp3) is 0.103. The van der Waals surface area contributed by atoms with Crippen LogP contribution >= 0.6 is 23.5 Å². The van der Waals surface area contributed by atoms with Gasteiger partial charge in [-0.3, -0.25) is 19.3 Å². The number of fused-ring (bicyclic) bond motifs is 2. The third-order valence-corrected chi connectivity index (χ3v) is 10.2. The quantitative estimate of drug-likeness (QED) is 0.122. The maximum absolute atomic E-state index is 14.2. The van der Waals surface area contributed by atoms with Gasteiger partial charge in [-0.05, 0) is 85.1 Å².